The van der Waals surface area contributed by atoms with Crippen LogP contribution in [0.1, 0.15) is 26.5 Å². The summed E-state index contributed by atoms with van der Waals surface area (Å²) in [6.07, 6.45) is 3.06. The molecule has 0 atom stereocenters. The number of benzene rings is 2. The molecule has 2 heterocycles. The van der Waals surface area contributed by atoms with Crippen LogP contribution in [0.3, 0.4) is 0 Å². The van der Waals surface area contributed by atoms with E-state index in [0.29, 0.717) is 28.4 Å². The van der Waals surface area contributed by atoms with E-state index >= 15 is 0 Å². The fourth-order valence-corrected chi connectivity index (χ4v) is 2.89. The zero-order valence-electron chi connectivity index (χ0n) is 14.0. The van der Waals surface area contributed by atoms with E-state index in [-0.39, 0.29) is 23.9 Å². The first-order valence-electron chi connectivity index (χ1n) is 8.13. The topological polar surface area (TPSA) is 65.7 Å². The first-order valence-corrected chi connectivity index (χ1v) is 8.93. The number of halogens is 1. The highest BCUT2D eigenvalue weighted by molar-refractivity contribution is 9.10. The Hall–Kier alpha value is -3.12. The number of rotatable bonds is 5. The molecule has 0 spiro atoms. The molecule has 0 amide bonds. The van der Waals surface area contributed by atoms with Crippen LogP contribution in [0, 0.1) is 0 Å². The summed E-state index contributed by atoms with van der Waals surface area (Å²) in [6, 6.07) is 15.4. The molecule has 2 aromatic carbocycles. The number of furan rings is 1. The van der Waals surface area contributed by atoms with Crippen LogP contribution >= 0.6 is 15.9 Å². The van der Waals surface area contributed by atoms with E-state index in [1.807, 2.05) is 0 Å². The summed E-state index contributed by atoms with van der Waals surface area (Å²) in [5.74, 6) is 1.20. The van der Waals surface area contributed by atoms with Crippen LogP contribution in [-0.2, 0) is 0 Å². The van der Waals surface area contributed by atoms with Crippen LogP contribution < -0.4 is 9.47 Å². The summed E-state index contributed by atoms with van der Waals surface area (Å²) >= 11 is 3.33. The summed E-state index contributed by atoms with van der Waals surface area (Å²) < 4.78 is 17.3. The number of ether oxygens (including phenoxy) is 2. The SMILES string of the molecule is O=C(COc1ccc2c(c1)OC(=Cc1ccco1)C2=O)c1ccc(Br)cc1. The van der Waals surface area contributed by atoms with Gasteiger partial charge in [-0.05, 0) is 36.4 Å². The predicted octanol–water partition coefficient (Wildman–Crippen LogP) is 4.92. The number of ketones is 2. The van der Waals surface area contributed by atoms with Gasteiger partial charge in [0.25, 0.3) is 0 Å². The van der Waals surface area contributed by atoms with Crippen molar-refractivity contribution in [1.82, 2.24) is 0 Å². The molecule has 134 valence electrons. The van der Waals surface area contributed by atoms with Crippen LogP contribution in [0.2, 0.25) is 0 Å². The number of hydrogen-bond acceptors (Lipinski definition) is 5. The van der Waals surface area contributed by atoms with Gasteiger partial charge in [0.05, 0.1) is 11.8 Å². The Labute approximate surface area is 163 Å². The van der Waals surface area contributed by atoms with Gasteiger partial charge in [-0.3, -0.25) is 9.59 Å². The standard InChI is InChI=1S/C21H13BrO5/c22-14-5-3-13(4-6-14)18(23)12-26-16-7-8-17-19(10-16)27-20(21(17)24)11-15-2-1-9-25-15/h1-11H,12H2. The smallest absolute Gasteiger partial charge is 0.232 e. The molecule has 0 radical (unpaired) electrons. The van der Waals surface area contributed by atoms with Gasteiger partial charge in [0.2, 0.25) is 5.78 Å². The molecule has 6 heteroatoms. The zero-order valence-corrected chi connectivity index (χ0v) is 15.6. The highest BCUT2D eigenvalue weighted by atomic mass is 79.9. The van der Waals surface area contributed by atoms with Crippen molar-refractivity contribution in [3.8, 4) is 11.5 Å². The highest BCUT2D eigenvalue weighted by Crippen LogP contribution is 2.35. The minimum absolute atomic E-state index is 0.108. The molecule has 0 unspecified atom stereocenters. The van der Waals surface area contributed by atoms with E-state index in [1.165, 1.54) is 6.26 Å². The van der Waals surface area contributed by atoms with Gasteiger partial charge in [-0.25, -0.2) is 0 Å². The molecule has 5 nitrogen and oxygen atoms in total. The van der Waals surface area contributed by atoms with Crippen molar-refractivity contribution in [2.24, 2.45) is 0 Å². The fraction of sp³-hybridized carbons (Fsp3) is 0.0476. The van der Waals surface area contributed by atoms with Crippen molar-refractivity contribution >= 4 is 33.6 Å². The summed E-state index contributed by atoms with van der Waals surface area (Å²) in [5, 5.41) is 0. The van der Waals surface area contributed by atoms with Crippen LogP contribution in [-0.4, -0.2) is 18.2 Å². The molecule has 0 bridgehead atoms. The lowest BCUT2D eigenvalue weighted by Gasteiger charge is -2.07. The number of carbonyl (C=O) groups is 2. The van der Waals surface area contributed by atoms with E-state index in [2.05, 4.69) is 15.9 Å². The van der Waals surface area contributed by atoms with E-state index in [4.69, 9.17) is 13.9 Å². The summed E-state index contributed by atoms with van der Waals surface area (Å²) in [6.45, 7) is -0.108. The van der Waals surface area contributed by atoms with Crippen molar-refractivity contribution in [2.75, 3.05) is 6.61 Å². The second-order valence-corrected chi connectivity index (χ2v) is 6.75. The average Bonchev–Trinajstić information content (AvgIpc) is 3.29. The van der Waals surface area contributed by atoms with Crippen molar-refractivity contribution in [3.63, 3.8) is 0 Å². The third kappa shape index (κ3) is 3.71. The number of Topliss-reactive ketones (excluding diaryl/α,β-unsaturated/α-hetero) is 2. The molecular weight excluding hydrogens is 412 g/mol. The normalized spacial score (nSPS) is 14.1. The molecule has 0 fully saturated rings. The Kier molecular flexibility index (Phi) is 4.64. The number of allylic oxidation sites excluding steroid dienone is 1. The Morgan fingerprint density at radius 3 is 2.67 bits per heavy atom. The summed E-state index contributed by atoms with van der Waals surface area (Å²) in [5.41, 5.74) is 1.01. The fourth-order valence-electron chi connectivity index (χ4n) is 2.63. The Bertz CT molecular complexity index is 1030. The van der Waals surface area contributed by atoms with Crippen molar-refractivity contribution in [2.45, 2.75) is 0 Å². The van der Waals surface area contributed by atoms with E-state index < -0.39 is 0 Å². The molecule has 0 saturated heterocycles. The summed E-state index contributed by atoms with van der Waals surface area (Å²) in [7, 11) is 0. The first kappa shape index (κ1) is 17.3. The molecule has 1 aliphatic heterocycles. The quantitative estimate of drug-likeness (QED) is 0.429. The molecule has 27 heavy (non-hydrogen) atoms. The van der Waals surface area contributed by atoms with Gasteiger partial charge >= 0.3 is 0 Å². The van der Waals surface area contributed by atoms with Gasteiger partial charge < -0.3 is 13.9 Å². The first-order chi connectivity index (χ1) is 13.1. The Balaban J connectivity index is 1.46. The molecule has 0 N–H and O–H groups in total. The van der Waals surface area contributed by atoms with Crippen molar-refractivity contribution in [1.29, 1.82) is 0 Å². The summed E-state index contributed by atoms with van der Waals surface area (Å²) in [4.78, 5) is 24.6. The maximum atomic E-state index is 12.4. The Morgan fingerprint density at radius 2 is 1.93 bits per heavy atom. The largest absolute Gasteiger partial charge is 0.485 e. The monoisotopic (exact) mass is 424 g/mol. The van der Waals surface area contributed by atoms with E-state index in [0.717, 1.165) is 4.47 Å². The minimum Gasteiger partial charge on any atom is -0.485 e. The third-order valence-corrected chi connectivity index (χ3v) is 4.52. The van der Waals surface area contributed by atoms with Gasteiger partial charge in [0.1, 0.15) is 17.3 Å². The number of hydrogen-bond donors (Lipinski definition) is 0. The highest BCUT2D eigenvalue weighted by Gasteiger charge is 2.28. The molecule has 0 aliphatic carbocycles. The van der Waals surface area contributed by atoms with E-state index in [9.17, 15) is 9.59 Å². The van der Waals surface area contributed by atoms with Gasteiger partial charge in [-0.2, -0.15) is 0 Å². The molecule has 0 saturated carbocycles. The molecule has 4 rings (SSSR count). The molecule has 1 aliphatic rings. The Morgan fingerprint density at radius 1 is 1.11 bits per heavy atom. The van der Waals surface area contributed by atoms with Gasteiger partial charge in [0.15, 0.2) is 18.1 Å². The number of fused-ring (bicyclic) bond motifs is 1. The van der Waals surface area contributed by atoms with E-state index in [1.54, 1.807) is 60.7 Å². The lowest BCUT2D eigenvalue weighted by atomic mass is 10.1. The van der Waals surface area contributed by atoms with Crippen molar-refractivity contribution in [3.05, 3.63) is 88.0 Å². The van der Waals surface area contributed by atoms with Crippen molar-refractivity contribution < 1.29 is 23.5 Å². The third-order valence-electron chi connectivity index (χ3n) is 3.99. The maximum absolute atomic E-state index is 12.4. The second-order valence-electron chi connectivity index (χ2n) is 5.83. The zero-order chi connectivity index (χ0) is 18.8. The van der Waals surface area contributed by atoms with Gasteiger partial charge in [0, 0.05) is 22.2 Å². The lowest BCUT2D eigenvalue weighted by molar-refractivity contribution is 0.0921. The predicted molar refractivity (Wildman–Crippen MR) is 102 cm³/mol. The van der Waals surface area contributed by atoms with Crippen LogP contribution in [0.5, 0.6) is 11.5 Å². The average molecular weight is 425 g/mol. The molecule has 3 aromatic rings. The van der Waals surface area contributed by atoms with Gasteiger partial charge in [-0.1, -0.05) is 28.1 Å². The molecular formula is C21H13BrO5. The van der Waals surface area contributed by atoms with Crippen LogP contribution in [0.25, 0.3) is 6.08 Å². The molecule has 1 aromatic heterocycles. The lowest BCUT2D eigenvalue weighted by Crippen LogP contribution is -2.11. The minimum atomic E-state index is -0.223. The number of carbonyl (C=O) groups excluding carboxylic acids is 2. The van der Waals surface area contributed by atoms with Crippen LogP contribution in [0.4, 0.5) is 0 Å². The van der Waals surface area contributed by atoms with Gasteiger partial charge in [-0.15, -0.1) is 0 Å². The maximum Gasteiger partial charge on any atom is 0.232 e. The second kappa shape index (κ2) is 7.25. The van der Waals surface area contributed by atoms with Crippen LogP contribution in [0.15, 0.2) is 75.5 Å².